The van der Waals surface area contributed by atoms with Crippen molar-refractivity contribution in [3.05, 3.63) is 0 Å². The lowest BCUT2D eigenvalue weighted by Gasteiger charge is -2.29. The van der Waals surface area contributed by atoms with Gasteiger partial charge in [-0.1, -0.05) is 6.42 Å². The zero-order chi connectivity index (χ0) is 7.61. The molecule has 2 atom stereocenters. The maximum atomic E-state index is 8.99. The number of aliphatic hydroxyl groups excluding tert-OH is 1. The molecular weight excluding hydrogens is 162 g/mol. The summed E-state index contributed by atoms with van der Waals surface area (Å²) in [7, 11) is 1.98. The maximum absolute atomic E-state index is 8.99. The van der Waals surface area contributed by atoms with Crippen LogP contribution in [0.15, 0.2) is 0 Å². The predicted molar refractivity (Wildman–Crippen MR) is 49.1 cm³/mol. The van der Waals surface area contributed by atoms with Gasteiger partial charge in [0.25, 0.3) is 0 Å². The van der Waals surface area contributed by atoms with Gasteiger partial charge in [0.2, 0.25) is 0 Å². The Hall–Kier alpha value is 0.210. The van der Waals surface area contributed by atoms with E-state index in [0.29, 0.717) is 12.5 Å². The number of halogens is 1. The molecular formula is C8H18ClNO. The molecule has 11 heavy (non-hydrogen) atoms. The molecule has 0 aromatic heterocycles. The monoisotopic (exact) mass is 179 g/mol. The van der Waals surface area contributed by atoms with Crippen LogP contribution in [0.3, 0.4) is 0 Å². The highest BCUT2D eigenvalue weighted by Crippen LogP contribution is 2.34. The summed E-state index contributed by atoms with van der Waals surface area (Å²) < 4.78 is 0. The largest absolute Gasteiger partial charge is 0.396 e. The molecule has 0 aliphatic heterocycles. The molecule has 1 aliphatic rings. The van der Waals surface area contributed by atoms with Crippen LogP contribution in [0.4, 0.5) is 0 Å². The van der Waals surface area contributed by atoms with Crippen LogP contribution in [0.5, 0.6) is 0 Å². The molecule has 1 rings (SSSR count). The summed E-state index contributed by atoms with van der Waals surface area (Å²) >= 11 is 0. The van der Waals surface area contributed by atoms with Gasteiger partial charge in [-0.2, -0.15) is 0 Å². The third kappa shape index (κ3) is 2.08. The fourth-order valence-electron chi connectivity index (χ4n) is 1.86. The molecule has 0 bridgehead atoms. The summed E-state index contributed by atoms with van der Waals surface area (Å²) in [5.74, 6) is 0.470. The Kier molecular flexibility index (Phi) is 4.37. The lowest BCUT2D eigenvalue weighted by atomic mass is 9.90. The molecule has 2 N–H and O–H groups in total. The van der Waals surface area contributed by atoms with Crippen molar-refractivity contribution in [3.63, 3.8) is 0 Å². The van der Waals surface area contributed by atoms with E-state index in [-0.39, 0.29) is 17.9 Å². The summed E-state index contributed by atoms with van der Waals surface area (Å²) in [6, 6.07) is 0. The Labute approximate surface area is 74.8 Å². The quantitative estimate of drug-likeness (QED) is 0.668. The molecule has 2 nitrogen and oxygen atoms in total. The fraction of sp³-hybridized carbons (Fsp3) is 1.00. The van der Waals surface area contributed by atoms with Crippen molar-refractivity contribution in [2.45, 2.75) is 31.7 Å². The van der Waals surface area contributed by atoms with Gasteiger partial charge in [-0.3, -0.25) is 0 Å². The van der Waals surface area contributed by atoms with Crippen LogP contribution in [0.25, 0.3) is 0 Å². The van der Waals surface area contributed by atoms with Crippen LogP contribution in [-0.2, 0) is 0 Å². The lowest BCUT2D eigenvalue weighted by molar-refractivity contribution is 0.164. The van der Waals surface area contributed by atoms with E-state index in [9.17, 15) is 0 Å². The molecule has 1 saturated carbocycles. The topological polar surface area (TPSA) is 32.3 Å². The minimum absolute atomic E-state index is 0. The van der Waals surface area contributed by atoms with Gasteiger partial charge in [0.05, 0.1) is 0 Å². The third-order valence-corrected chi connectivity index (χ3v) is 2.94. The Morgan fingerprint density at radius 3 is 2.64 bits per heavy atom. The van der Waals surface area contributed by atoms with Crippen LogP contribution in [0, 0.1) is 5.92 Å². The maximum Gasteiger partial charge on any atom is 0.0476 e. The average Bonchev–Trinajstić information content (AvgIpc) is 2.32. The molecule has 68 valence electrons. The Morgan fingerprint density at radius 2 is 2.27 bits per heavy atom. The van der Waals surface area contributed by atoms with Crippen LogP contribution in [0.1, 0.15) is 26.2 Å². The number of hydrogen-bond acceptors (Lipinski definition) is 2. The minimum Gasteiger partial charge on any atom is -0.396 e. The predicted octanol–water partition coefficient (Wildman–Crippen LogP) is 1.18. The second-order valence-corrected chi connectivity index (χ2v) is 3.44. The average molecular weight is 180 g/mol. The van der Waals surface area contributed by atoms with E-state index >= 15 is 0 Å². The number of aliphatic hydroxyl groups is 1. The molecule has 0 aromatic rings. The van der Waals surface area contributed by atoms with Crippen molar-refractivity contribution in [1.82, 2.24) is 5.32 Å². The van der Waals surface area contributed by atoms with Crippen molar-refractivity contribution in [2.75, 3.05) is 13.7 Å². The number of nitrogens with one attached hydrogen (secondary N) is 1. The van der Waals surface area contributed by atoms with Crippen molar-refractivity contribution >= 4 is 12.4 Å². The summed E-state index contributed by atoms with van der Waals surface area (Å²) in [5, 5.41) is 12.3. The zero-order valence-corrected chi connectivity index (χ0v) is 8.08. The van der Waals surface area contributed by atoms with Crippen molar-refractivity contribution < 1.29 is 5.11 Å². The molecule has 1 aliphatic carbocycles. The Balaban J connectivity index is 0.000001000. The third-order valence-electron chi connectivity index (χ3n) is 2.94. The molecule has 3 heteroatoms. The lowest BCUT2D eigenvalue weighted by Crippen LogP contribution is -2.44. The second kappa shape index (κ2) is 4.29. The highest BCUT2D eigenvalue weighted by atomic mass is 35.5. The first kappa shape index (κ1) is 11.2. The van der Waals surface area contributed by atoms with Crippen molar-refractivity contribution in [1.29, 1.82) is 0 Å². The standard InChI is InChI=1S/C8H17NO.ClH/c1-8(9-2)5-3-4-7(8)6-10;/h7,9-10H,3-6H2,1-2H3;1H/t7-,8-;/m0./s1. The molecule has 0 amide bonds. The Bertz CT molecular complexity index is 121. The van der Waals surface area contributed by atoms with Crippen LogP contribution >= 0.6 is 12.4 Å². The molecule has 0 radical (unpaired) electrons. The molecule has 0 aromatic carbocycles. The van der Waals surface area contributed by atoms with E-state index in [1.807, 2.05) is 7.05 Å². The second-order valence-electron chi connectivity index (χ2n) is 3.44. The van der Waals surface area contributed by atoms with E-state index < -0.39 is 0 Å². The van der Waals surface area contributed by atoms with Crippen molar-refractivity contribution in [2.24, 2.45) is 5.92 Å². The van der Waals surface area contributed by atoms with Gasteiger partial charge in [-0.25, -0.2) is 0 Å². The smallest absolute Gasteiger partial charge is 0.0476 e. The van der Waals surface area contributed by atoms with Gasteiger partial charge in [0.1, 0.15) is 0 Å². The van der Waals surface area contributed by atoms with Crippen LogP contribution in [-0.4, -0.2) is 24.3 Å². The highest BCUT2D eigenvalue weighted by Gasteiger charge is 2.36. The first-order valence-corrected chi connectivity index (χ1v) is 4.02. The van der Waals surface area contributed by atoms with E-state index in [1.54, 1.807) is 0 Å². The normalized spacial score (nSPS) is 36.8. The van der Waals surface area contributed by atoms with E-state index in [4.69, 9.17) is 5.11 Å². The minimum atomic E-state index is 0. The fourth-order valence-corrected chi connectivity index (χ4v) is 1.86. The summed E-state index contributed by atoms with van der Waals surface area (Å²) in [6.45, 7) is 2.53. The first-order chi connectivity index (χ1) is 4.73. The molecule has 0 spiro atoms. The van der Waals surface area contributed by atoms with Crippen molar-refractivity contribution in [3.8, 4) is 0 Å². The van der Waals surface area contributed by atoms with Gasteiger partial charge >= 0.3 is 0 Å². The van der Waals surface area contributed by atoms with Crippen LogP contribution < -0.4 is 5.32 Å². The first-order valence-electron chi connectivity index (χ1n) is 4.02. The number of hydrogen-bond donors (Lipinski definition) is 2. The van der Waals surface area contributed by atoms with Gasteiger partial charge in [0.15, 0.2) is 0 Å². The zero-order valence-electron chi connectivity index (χ0n) is 7.26. The Morgan fingerprint density at radius 1 is 1.64 bits per heavy atom. The number of rotatable bonds is 2. The van der Waals surface area contributed by atoms with Gasteiger partial charge < -0.3 is 10.4 Å². The summed E-state index contributed by atoms with van der Waals surface area (Å²) in [6.07, 6.45) is 3.63. The molecule has 0 saturated heterocycles. The molecule has 1 fully saturated rings. The van der Waals surface area contributed by atoms with E-state index in [2.05, 4.69) is 12.2 Å². The summed E-state index contributed by atoms with van der Waals surface area (Å²) in [4.78, 5) is 0. The molecule has 0 unspecified atom stereocenters. The van der Waals surface area contributed by atoms with Gasteiger partial charge in [0, 0.05) is 12.1 Å². The SMILES string of the molecule is CN[C@@]1(C)CCC[C@H]1CO.Cl. The van der Waals surface area contributed by atoms with Crippen LogP contribution in [0.2, 0.25) is 0 Å². The van der Waals surface area contributed by atoms with Gasteiger partial charge in [-0.05, 0) is 32.7 Å². The van der Waals surface area contributed by atoms with E-state index in [0.717, 1.165) is 0 Å². The highest BCUT2D eigenvalue weighted by molar-refractivity contribution is 5.85. The molecule has 0 heterocycles. The van der Waals surface area contributed by atoms with Gasteiger partial charge in [-0.15, -0.1) is 12.4 Å². The summed E-state index contributed by atoms with van der Waals surface area (Å²) in [5.41, 5.74) is 0.203. The van der Waals surface area contributed by atoms with E-state index in [1.165, 1.54) is 19.3 Å².